The lowest BCUT2D eigenvalue weighted by molar-refractivity contribution is 0.0538. The highest BCUT2D eigenvalue weighted by Gasteiger charge is 2.28. The van der Waals surface area contributed by atoms with Gasteiger partial charge in [0.05, 0.1) is 17.4 Å². The number of thiophene rings is 1. The summed E-state index contributed by atoms with van der Waals surface area (Å²) < 4.78 is 11.0. The Hall–Kier alpha value is -1.70. The number of carbonyl (C=O) groups is 1. The first-order valence-corrected chi connectivity index (χ1v) is 11.1. The minimum Gasteiger partial charge on any atom is -0.376 e. The Morgan fingerprint density at radius 3 is 2.96 bits per heavy atom. The number of carbonyl (C=O) groups excluding carboxylic acids is 1. The molecule has 0 radical (unpaired) electrons. The van der Waals surface area contributed by atoms with E-state index in [1.807, 2.05) is 18.7 Å². The highest BCUT2D eigenvalue weighted by Crippen LogP contribution is 2.31. The van der Waals surface area contributed by atoms with Crippen LogP contribution in [0.3, 0.4) is 0 Å². The zero-order valence-corrected chi connectivity index (χ0v) is 17.8. The van der Waals surface area contributed by atoms with Crippen molar-refractivity contribution in [1.82, 2.24) is 15.0 Å². The first-order chi connectivity index (χ1) is 13.6. The fraction of sp³-hybridized carbons (Fsp3) is 0.619. The van der Waals surface area contributed by atoms with Crippen molar-refractivity contribution in [3.63, 3.8) is 0 Å². The Labute approximate surface area is 170 Å². The van der Waals surface area contributed by atoms with Gasteiger partial charge in [0.15, 0.2) is 0 Å². The monoisotopic (exact) mass is 403 g/mol. The quantitative estimate of drug-likeness (QED) is 0.738. The average molecular weight is 404 g/mol. The Balaban J connectivity index is 1.45. The van der Waals surface area contributed by atoms with E-state index in [0.29, 0.717) is 6.54 Å². The lowest BCUT2D eigenvalue weighted by Gasteiger charge is -2.28. The van der Waals surface area contributed by atoms with Crippen LogP contribution in [-0.2, 0) is 24.2 Å². The molecule has 1 amide bonds. The van der Waals surface area contributed by atoms with Gasteiger partial charge in [-0.15, -0.1) is 11.3 Å². The molecule has 1 fully saturated rings. The number of aryl methyl sites for hydroxylation is 2. The molecular weight excluding hydrogens is 374 g/mol. The number of likely N-dealkylation sites (N-methyl/N-ethyl adjacent to an activating group) is 1. The number of amides is 1. The molecule has 0 N–H and O–H groups in total. The van der Waals surface area contributed by atoms with E-state index in [9.17, 15) is 4.79 Å². The molecule has 6 nitrogen and oxygen atoms in total. The Bertz CT molecular complexity index is 819. The average Bonchev–Trinajstić information content (AvgIpc) is 3.42. The summed E-state index contributed by atoms with van der Waals surface area (Å²) in [7, 11) is 0. The molecule has 0 spiro atoms. The minimum absolute atomic E-state index is 0.162. The Morgan fingerprint density at radius 1 is 1.43 bits per heavy atom. The number of ether oxygens (including phenoxy) is 1. The molecule has 2 aliphatic heterocycles. The van der Waals surface area contributed by atoms with E-state index in [1.54, 1.807) is 11.3 Å². The van der Waals surface area contributed by atoms with Crippen LogP contribution in [0.5, 0.6) is 0 Å². The normalized spacial score (nSPS) is 19.8. The highest BCUT2D eigenvalue weighted by atomic mass is 32.1. The molecule has 2 aromatic rings. The molecule has 2 aliphatic rings. The van der Waals surface area contributed by atoms with E-state index >= 15 is 0 Å². The van der Waals surface area contributed by atoms with Crippen LogP contribution in [-0.4, -0.2) is 53.2 Å². The van der Waals surface area contributed by atoms with Crippen molar-refractivity contribution >= 4 is 17.2 Å². The summed E-state index contributed by atoms with van der Waals surface area (Å²) in [5.74, 6) is 1.06. The number of hydrogen-bond acceptors (Lipinski definition) is 6. The minimum atomic E-state index is 0.162. The van der Waals surface area contributed by atoms with Crippen molar-refractivity contribution in [2.45, 2.75) is 59.2 Å². The predicted molar refractivity (Wildman–Crippen MR) is 109 cm³/mol. The third-order valence-electron chi connectivity index (χ3n) is 5.94. The van der Waals surface area contributed by atoms with Crippen LogP contribution in [0.25, 0.3) is 0 Å². The zero-order chi connectivity index (χ0) is 19.7. The standard InChI is InChI=1S/C21H29N3O3S/c1-4-24(10-16-6-5-9-26-16)21(25)19-13-28-20-12-23(8-7-17(19)20)11-18-14(2)22-27-15(18)3/h13,16H,4-12H2,1-3H3/t16-/m1/s1. The van der Waals surface area contributed by atoms with Crippen LogP contribution in [0.1, 0.15) is 57.6 Å². The first kappa shape index (κ1) is 19.6. The second kappa shape index (κ2) is 8.35. The molecule has 1 atom stereocenters. The summed E-state index contributed by atoms with van der Waals surface area (Å²) in [5.41, 5.74) is 4.30. The molecule has 7 heteroatoms. The van der Waals surface area contributed by atoms with Crippen LogP contribution in [0, 0.1) is 13.8 Å². The fourth-order valence-electron chi connectivity index (χ4n) is 4.21. The number of fused-ring (bicyclic) bond motifs is 1. The molecule has 0 saturated carbocycles. The molecule has 0 unspecified atom stereocenters. The van der Waals surface area contributed by atoms with Gasteiger partial charge in [0.2, 0.25) is 0 Å². The number of nitrogens with zero attached hydrogens (tertiary/aromatic N) is 3. The molecule has 1 saturated heterocycles. The van der Waals surface area contributed by atoms with Crippen molar-refractivity contribution in [2.75, 3.05) is 26.2 Å². The Morgan fingerprint density at radius 2 is 2.29 bits per heavy atom. The van der Waals surface area contributed by atoms with Crippen molar-refractivity contribution in [3.8, 4) is 0 Å². The van der Waals surface area contributed by atoms with E-state index in [1.165, 1.54) is 16.0 Å². The summed E-state index contributed by atoms with van der Waals surface area (Å²) >= 11 is 1.72. The van der Waals surface area contributed by atoms with Gasteiger partial charge in [0, 0.05) is 55.2 Å². The topological polar surface area (TPSA) is 58.8 Å². The second-order valence-electron chi connectivity index (χ2n) is 7.79. The lowest BCUT2D eigenvalue weighted by Crippen LogP contribution is -2.38. The Kier molecular flexibility index (Phi) is 5.85. The smallest absolute Gasteiger partial charge is 0.255 e. The lowest BCUT2D eigenvalue weighted by atomic mass is 10.0. The van der Waals surface area contributed by atoms with Crippen molar-refractivity contribution in [3.05, 3.63) is 38.4 Å². The molecule has 4 rings (SSSR count). The van der Waals surface area contributed by atoms with Crippen molar-refractivity contribution in [1.29, 1.82) is 0 Å². The number of aromatic nitrogens is 1. The maximum atomic E-state index is 13.2. The van der Waals surface area contributed by atoms with Crippen LogP contribution in [0.2, 0.25) is 0 Å². The number of rotatable bonds is 6. The third kappa shape index (κ3) is 3.88. The van der Waals surface area contributed by atoms with E-state index in [0.717, 1.165) is 69.1 Å². The molecule has 0 aliphatic carbocycles. The fourth-order valence-corrected chi connectivity index (χ4v) is 5.32. The molecule has 152 valence electrons. The number of hydrogen-bond donors (Lipinski definition) is 0. The van der Waals surface area contributed by atoms with Gasteiger partial charge in [-0.3, -0.25) is 9.69 Å². The SMILES string of the molecule is CCN(C[C@H]1CCCO1)C(=O)c1csc2c1CCN(Cc1c(C)noc1C)C2. The van der Waals surface area contributed by atoms with Crippen LogP contribution < -0.4 is 0 Å². The summed E-state index contributed by atoms with van der Waals surface area (Å²) in [6.07, 6.45) is 3.28. The van der Waals surface area contributed by atoms with E-state index < -0.39 is 0 Å². The second-order valence-corrected chi connectivity index (χ2v) is 8.76. The predicted octanol–water partition coefficient (Wildman–Crippen LogP) is 3.55. The highest BCUT2D eigenvalue weighted by molar-refractivity contribution is 7.10. The van der Waals surface area contributed by atoms with Crippen molar-refractivity contribution < 1.29 is 14.1 Å². The third-order valence-corrected chi connectivity index (χ3v) is 6.95. The van der Waals surface area contributed by atoms with Gasteiger partial charge in [-0.25, -0.2) is 0 Å². The maximum absolute atomic E-state index is 13.2. The van der Waals surface area contributed by atoms with Gasteiger partial charge in [-0.1, -0.05) is 5.16 Å². The molecular formula is C21H29N3O3S. The summed E-state index contributed by atoms with van der Waals surface area (Å²) in [5, 5.41) is 6.12. The summed E-state index contributed by atoms with van der Waals surface area (Å²) in [6.45, 7) is 11.0. The molecule has 28 heavy (non-hydrogen) atoms. The molecule has 4 heterocycles. The van der Waals surface area contributed by atoms with Gasteiger partial charge < -0.3 is 14.2 Å². The largest absolute Gasteiger partial charge is 0.376 e. The summed E-state index contributed by atoms with van der Waals surface area (Å²) in [6, 6.07) is 0. The van der Waals surface area contributed by atoms with Crippen LogP contribution in [0.4, 0.5) is 0 Å². The molecule has 2 aromatic heterocycles. The van der Waals surface area contributed by atoms with Gasteiger partial charge >= 0.3 is 0 Å². The first-order valence-electron chi connectivity index (χ1n) is 10.2. The molecule has 0 bridgehead atoms. The van der Waals surface area contributed by atoms with Crippen LogP contribution in [0.15, 0.2) is 9.90 Å². The van der Waals surface area contributed by atoms with E-state index in [2.05, 4.69) is 22.4 Å². The maximum Gasteiger partial charge on any atom is 0.255 e. The summed E-state index contributed by atoms with van der Waals surface area (Å²) in [4.78, 5) is 18.9. The van der Waals surface area contributed by atoms with E-state index in [4.69, 9.17) is 9.26 Å². The zero-order valence-electron chi connectivity index (χ0n) is 17.0. The van der Waals surface area contributed by atoms with Gasteiger partial charge in [-0.2, -0.15) is 0 Å². The molecule has 0 aromatic carbocycles. The van der Waals surface area contributed by atoms with Crippen molar-refractivity contribution in [2.24, 2.45) is 0 Å². The van der Waals surface area contributed by atoms with Gasteiger partial charge in [0.1, 0.15) is 5.76 Å². The van der Waals surface area contributed by atoms with Crippen LogP contribution >= 0.6 is 11.3 Å². The van der Waals surface area contributed by atoms with Gasteiger partial charge in [0.25, 0.3) is 5.91 Å². The van der Waals surface area contributed by atoms with E-state index in [-0.39, 0.29) is 12.0 Å². The van der Waals surface area contributed by atoms with Gasteiger partial charge in [-0.05, 0) is 45.6 Å².